The monoisotopic (exact) mass is 731 g/mol. The molecule has 5 fully saturated rings. The SMILES string of the molecule is NC[C@@H]1O[C@H](O[C@H]2[C@@H](O)[C@H](O[C@@H]3[C@@H](O)[C@H](N)C[C@H](N)[C@H]3O[C@H]3O[C@@H]4CO[C@@H](CCc5ccccc5)O[C@H]4[C@H](O)[C@H]3N)O[C@@H]2CO)[C@H](N)[C@@H](O)[C@@H]1O. The van der Waals surface area contributed by atoms with Crippen LogP contribution in [0.2, 0.25) is 0 Å². The Kier molecular flexibility index (Phi) is 12.9. The van der Waals surface area contributed by atoms with E-state index in [9.17, 15) is 30.6 Å². The van der Waals surface area contributed by atoms with Gasteiger partial charge in [-0.2, -0.15) is 0 Å². The fourth-order valence-corrected chi connectivity index (χ4v) is 7.34. The standard InChI is InChI=1S/C32H53N5O14/c33-9-15-22(40)23(41)19(36)30(45-15)50-27-16(10-38)46-32(25(27)43)51-29-21(39)13(34)8-14(35)26(29)49-31-20(37)24(42)28-17(47-31)11-44-18(48-28)7-6-12-4-2-1-3-5-12/h1-5,13-32,38-43H,6-11,33-37H2/t13-,14+,15+,16-,17-,18-,19-,20-,21+,22-,23-,24-,25-,26-,27-,28-,29-,30-,31-,32+/m1/s1. The summed E-state index contributed by atoms with van der Waals surface area (Å²) in [5, 5.41) is 64.4. The van der Waals surface area contributed by atoms with Gasteiger partial charge in [0.2, 0.25) is 0 Å². The normalized spacial score (nSPS) is 49.1. The molecule has 0 amide bonds. The lowest BCUT2D eigenvalue weighted by Gasteiger charge is -2.49. The topological polar surface area (TPSA) is 325 Å². The number of aliphatic hydroxyl groups is 6. The number of aryl methyl sites for hydroxylation is 1. The number of aliphatic hydroxyl groups excluding tert-OH is 6. The van der Waals surface area contributed by atoms with Gasteiger partial charge in [-0.1, -0.05) is 30.3 Å². The Morgan fingerprint density at radius 3 is 2.02 bits per heavy atom. The minimum Gasteiger partial charge on any atom is -0.394 e. The summed E-state index contributed by atoms with van der Waals surface area (Å²) < 4.78 is 47.7. The average molecular weight is 732 g/mol. The molecule has 4 aliphatic heterocycles. The summed E-state index contributed by atoms with van der Waals surface area (Å²) in [6, 6.07) is 5.84. The molecule has 6 rings (SSSR count). The van der Waals surface area contributed by atoms with Crippen molar-refractivity contribution in [1.29, 1.82) is 0 Å². The van der Waals surface area contributed by atoms with Crippen molar-refractivity contribution in [3.63, 3.8) is 0 Å². The molecule has 19 heteroatoms. The maximum absolute atomic E-state index is 11.3. The number of benzene rings is 1. The second-order valence-electron chi connectivity index (χ2n) is 13.9. The molecule has 1 aliphatic carbocycles. The average Bonchev–Trinajstić information content (AvgIpc) is 3.43. The number of fused-ring (bicyclic) bond motifs is 1. The molecule has 1 saturated carbocycles. The molecule has 0 radical (unpaired) electrons. The first-order valence-corrected chi connectivity index (χ1v) is 17.4. The van der Waals surface area contributed by atoms with Gasteiger partial charge in [0.15, 0.2) is 25.2 Å². The van der Waals surface area contributed by atoms with Gasteiger partial charge in [0.05, 0.1) is 31.4 Å². The van der Waals surface area contributed by atoms with Crippen molar-refractivity contribution in [1.82, 2.24) is 0 Å². The van der Waals surface area contributed by atoms with Gasteiger partial charge in [-0.3, -0.25) is 0 Å². The summed E-state index contributed by atoms with van der Waals surface area (Å²) in [6.45, 7) is -0.697. The minimum atomic E-state index is -1.59. The number of nitrogens with two attached hydrogens (primary N) is 5. The molecule has 1 aromatic rings. The van der Waals surface area contributed by atoms with E-state index in [-0.39, 0.29) is 19.6 Å². The summed E-state index contributed by atoms with van der Waals surface area (Å²) in [4.78, 5) is 0. The molecule has 20 atom stereocenters. The first-order valence-electron chi connectivity index (χ1n) is 17.4. The van der Waals surface area contributed by atoms with Crippen molar-refractivity contribution in [2.75, 3.05) is 19.8 Å². The van der Waals surface area contributed by atoms with E-state index in [1.165, 1.54) is 0 Å². The fourth-order valence-electron chi connectivity index (χ4n) is 7.34. The zero-order valence-corrected chi connectivity index (χ0v) is 28.0. The Bertz CT molecular complexity index is 1240. The third-order valence-corrected chi connectivity index (χ3v) is 10.4. The second kappa shape index (κ2) is 16.9. The highest BCUT2D eigenvalue weighted by atomic mass is 16.8. The van der Waals surface area contributed by atoms with Crippen LogP contribution in [0.3, 0.4) is 0 Å². The number of rotatable bonds is 11. The van der Waals surface area contributed by atoms with E-state index in [1.807, 2.05) is 30.3 Å². The Hall–Kier alpha value is -1.54. The summed E-state index contributed by atoms with van der Waals surface area (Å²) >= 11 is 0. The van der Waals surface area contributed by atoms with Gasteiger partial charge in [-0.05, 0) is 18.4 Å². The van der Waals surface area contributed by atoms with E-state index in [2.05, 4.69) is 0 Å². The summed E-state index contributed by atoms with van der Waals surface area (Å²) in [6.07, 6.45) is -17.8. The van der Waals surface area contributed by atoms with Gasteiger partial charge in [-0.15, -0.1) is 0 Å². The van der Waals surface area contributed by atoms with Gasteiger partial charge in [0, 0.05) is 25.0 Å². The molecule has 0 unspecified atom stereocenters. The van der Waals surface area contributed by atoms with E-state index in [0.29, 0.717) is 12.8 Å². The number of hydrogen-bond acceptors (Lipinski definition) is 19. The van der Waals surface area contributed by atoms with Crippen LogP contribution in [0.25, 0.3) is 0 Å². The number of hydrogen-bond donors (Lipinski definition) is 11. The van der Waals surface area contributed by atoms with Crippen molar-refractivity contribution >= 4 is 0 Å². The van der Waals surface area contributed by atoms with Gasteiger partial charge < -0.3 is 97.2 Å². The third-order valence-electron chi connectivity index (χ3n) is 10.4. The second-order valence-corrected chi connectivity index (χ2v) is 13.9. The van der Waals surface area contributed by atoms with Crippen LogP contribution in [-0.2, 0) is 44.3 Å². The van der Waals surface area contributed by atoms with Crippen LogP contribution in [0.5, 0.6) is 0 Å². The van der Waals surface area contributed by atoms with Crippen molar-refractivity contribution in [3.8, 4) is 0 Å². The maximum Gasteiger partial charge on any atom is 0.187 e. The molecule has 19 nitrogen and oxygen atoms in total. The molecule has 0 spiro atoms. The van der Waals surface area contributed by atoms with Crippen LogP contribution >= 0.6 is 0 Å². The predicted octanol–water partition coefficient (Wildman–Crippen LogP) is -5.84. The Labute approximate surface area is 294 Å². The molecule has 290 valence electrons. The van der Waals surface area contributed by atoms with Gasteiger partial charge in [0.25, 0.3) is 0 Å². The molecule has 51 heavy (non-hydrogen) atoms. The molecule has 5 aliphatic rings. The smallest absolute Gasteiger partial charge is 0.187 e. The van der Waals surface area contributed by atoms with E-state index >= 15 is 0 Å². The molecule has 0 aromatic heterocycles. The largest absolute Gasteiger partial charge is 0.394 e. The van der Waals surface area contributed by atoms with E-state index in [1.54, 1.807) is 0 Å². The highest BCUT2D eigenvalue weighted by Gasteiger charge is 2.55. The van der Waals surface area contributed by atoms with Gasteiger partial charge >= 0.3 is 0 Å². The van der Waals surface area contributed by atoms with Gasteiger partial charge in [-0.25, -0.2) is 0 Å². The lowest BCUT2D eigenvalue weighted by atomic mass is 9.84. The quantitative estimate of drug-likeness (QED) is 0.101. The molecule has 4 saturated heterocycles. The molecule has 0 bridgehead atoms. The zero-order chi connectivity index (χ0) is 36.6. The molecule has 4 heterocycles. The third kappa shape index (κ3) is 8.27. The maximum atomic E-state index is 11.3. The van der Waals surface area contributed by atoms with Crippen LogP contribution in [0.4, 0.5) is 0 Å². The highest BCUT2D eigenvalue weighted by molar-refractivity contribution is 5.14. The predicted molar refractivity (Wildman–Crippen MR) is 173 cm³/mol. The van der Waals surface area contributed by atoms with Crippen LogP contribution in [-0.4, -0.2) is 173 Å². The van der Waals surface area contributed by atoms with Crippen LogP contribution in [0.15, 0.2) is 30.3 Å². The number of ether oxygens (including phenoxy) is 8. The summed E-state index contributed by atoms with van der Waals surface area (Å²) in [5.41, 5.74) is 31.9. The molecular formula is C32H53N5O14. The van der Waals surface area contributed by atoms with Crippen LogP contribution in [0.1, 0.15) is 18.4 Å². The van der Waals surface area contributed by atoms with E-state index in [0.717, 1.165) is 5.56 Å². The summed E-state index contributed by atoms with van der Waals surface area (Å²) in [7, 11) is 0. The van der Waals surface area contributed by atoms with E-state index < -0.39 is 129 Å². The van der Waals surface area contributed by atoms with Crippen molar-refractivity contribution in [2.45, 2.75) is 142 Å². The van der Waals surface area contributed by atoms with Gasteiger partial charge in [0.1, 0.15) is 67.1 Å². The lowest BCUT2D eigenvalue weighted by Crippen LogP contribution is -2.69. The van der Waals surface area contributed by atoms with Crippen LogP contribution in [0, 0.1) is 0 Å². The first-order chi connectivity index (χ1) is 24.4. The Morgan fingerprint density at radius 2 is 1.31 bits per heavy atom. The van der Waals surface area contributed by atoms with Crippen molar-refractivity contribution in [2.24, 2.45) is 28.7 Å². The summed E-state index contributed by atoms with van der Waals surface area (Å²) in [5.74, 6) is 0. The highest BCUT2D eigenvalue weighted by Crippen LogP contribution is 2.35. The van der Waals surface area contributed by atoms with Crippen molar-refractivity contribution in [3.05, 3.63) is 35.9 Å². The lowest BCUT2D eigenvalue weighted by molar-refractivity contribution is -0.354. The fraction of sp³-hybridized carbons (Fsp3) is 0.812. The molecule has 1 aromatic carbocycles. The first kappa shape index (κ1) is 39.2. The van der Waals surface area contributed by atoms with Crippen molar-refractivity contribution < 1.29 is 68.5 Å². The van der Waals surface area contributed by atoms with E-state index in [4.69, 9.17) is 66.6 Å². The Morgan fingerprint density at radius 1 is 0.667 bits per heavy atom. The molecule has 16 N–H and O–H groups in total. The van der Waals surface area contributed by atoms with Crippen LogP contribution < -0.4 is 28.7 Å². The zero-order valence-electron chi connectivity index (χ0n) is 28.0. The minimum absolute atomic E-state index is 0.0976. The molecular weight excluding hydrogens is 678 g/mol. The Balaban J connectivity index is 1.10.